The van der Waals surface area contributed by atoms with Crippen LogP contribution in [0.3, 0.4) is 0 Å². The molecule has 3 aromatic rings. The average molecular weight is 561 g/mol. The number of hydrogen-bond donors (Lipinski definition) is 1. The van der Waals surface area contributed by atoms with Crippen LogP contribution in [-0.2, 0) is 24.8 Å². The lowest BCUT2D eigenvalue weighted by molar-refractivity contribution is 0.00702. The SMILES string of the molecule is CS(=O)(=O)N1CCC(c2ccc(-c3cc4nccnc4c(NC[C@@H]4CN(S(C)(=O)=O)CCO4)n3)cc2)CC1. The summed E-state index contributed by atoms with van der Waals surface area (Å²) in [6.45, 7) is 2.42. The topological polar surface area (TPSA) is 135 Å². The molecule has 0 unspecified atom stereocenters. The van der Waals surface area contributed by atoms with E-state index in [9.17, 15) is 16.8 Å². The zero-order valence-corrected chi connectivity index (χ0v) is 23.1. The summed E-state index contributed by atoms with van der Waals surface area (Å²) in [7, 11) is -6.43. The van der Waals surface area contributed by atoms with Crippen molar-refractivity contribution in [1.82, 2.24) is 23.6 Å². The Morgan fingerprint density at radius 2 is 1.63 bits per heavy atom. The molecule has 0 radical (unpaired) electrons. The van der Waals surface area contributed by atoms with Crippen LogP contribution in [0.15, 0.2) is 42.7 Å². The first-order valence-electron chi connectivity index (χ1n) is 12.6. The van der Waals surface area contributed by atoms with Crippen LogP contribution in [0, 0.1) is 0 Å². The van der Waals surface area contributed by atoms with E-state index < -0.39 is 20.0 Å². The van der Waals surface area contributed by atoms with Crippen molar-refractivity contribution < 1.29 is 21.6 Å². The molecule has 4 heterocycles. The number of morpholine rings is 1. The highest BCUT2D eigenvalue weighted by atomic mass is 32.2. The lowest BCUT2D eigenvalue weighted by atomic mass is 9.89. The molecule has 1 N–H and O–H groups in total. The second-order valence-corrected chi connectivity index (χ2v) is 13.8. The van der Waals surface area contributed by atoms with E-state index in [1.165, 1.54) is 22.4 Å². The fourth-order valence-electron chi connectivity index (χ4n) is 5.02. The summed E-state index contributed by atoms with van der Waals surface area (Å²) in [5.41, 5.74) is 4.17. The average Bonchev–Trinajstić information content (AvgIpc) is 2.91. The maximum absolute atomic E-state index is 12.0. The lowest BCUT2D eigenvalue weighted by Gasteiger charge is -2.31. The van der Waals surface area contributed by atoms with Gasteiger partial charge in [0, 0.05) is 50.7 Å². The van der Waals surface area contributed by atoms with Gasteiger partial charge >= 0.3 is 0 Å². The number of hydrogen-bond acceptors (Lipinski definition) is 9. The van der Waals surface area contributed by atoms with Crippen LogP contribution in [0.2, 0.25) is 0 Å². The van der Waals surface area contributed by atoms with Gasteiger partial charge in [-0.1, -0.05) is 24.3 Å². The van der Waals surface area contributed by atoms with Gasteiger partial charge in [-0.15, -0.1) is 0 Å². The molecule has 5 rings (SSSR count). The summed E-state index contributed by atoms with van der Waals surface area (Å²) >= 11 is 0. The van der Waals surface area contributed by atoms with Crippen LogP contribution in [0.5, 0.6) is 0 Å². The molecule has 0 amide bonds. The van der Waals surface area contributed by atoms with E-state index in [-0.39, 0.29) is 12.6 Å². The van der Waals surface area contributed by atoms with Crippen molar-refractivity contribution in [2.24, 2.45) is 0 Å². The van der Waals surface area contributed by atoms with E-state index in [0.29, 0.717) is 55.6 Å². The highest BCUT2D eigenvalue weighted by molar-refractivity contribution is 7.88. The molecule has 0 aliphatic carbocycles. The monoisotopic (exact) mass is 560 g/mol. The molecule has 38 heavy (non-hydrogen) atoms. The standard InChI is InChI=1S/C25H32N6O5S2/c1-37(32,33)30-11-7-19(8-12-30)18-3-5-20(6-4-18)22-15-23-24(27-10-9-26-23)25(29-22)28-16-21-17-31(13-14-36-21)38(2,34)35/h3-6,9-10,15,19,21H,7-8,11-14,16-17H2,1-2H3,(H,28,29)/t21-/m1/s1. The van der Waals surface area contributed by atoms with Gasteiger partial charge in [0.05, 0.1) is 36.4 Å². The van der Waals surface area contributed by atoms with Crippen LogP contribution >= 0.6 is 0 Å². The van der Waals surface area contributed by atoms with Crippen molar-refractivity contribution in [3.8, 4) is 11.3 Å². The van der Waals surface area contributed by atoms with Crippen molar-refractivity contribution >= 4 is 36.9 Å². The summed E-state index contributed by atoms with van der Waals surface area (Å²) < 4.78 is 56.3. The van der Waals surface area contributed by atoms with Crippen molar-refractivity contribution in [3.05, 3.63) is 48.3 Å². The minimum absolute atomic E-state index is 0.277. The van der Waals surface area contributed by atoms with Crippen LogP contribution in [-0.4, -0.2) is 98.3 Å². The number of pyridine rings is 1. The largest absolute Gasteiger partial charge is 0.374 e. The number of ether oxygens (including phenoxy) is 1. The molecular weight excluding hydrogens is 528 g/mol. The highest BCUT2D eigenvalue weighted by Gasteiger charge is 2.27. The second kappa shape index (κ2) is 10.8. The minimum atomic E-state index is -3.28. The van der Waals surface area contributed by atoms with Crippen molar-refractivity contribution in [1.29, 1.82) is 0 Å². The van der Waals surface area contributed by atoms with E-state index in [0.717, 1.165) is 24.1 Å². The molecule has 0 spiro atoms. The molecule has 2 aliphatic rings. The third-order valence-electron chi connectivity index (χ3n) is 7.13. The van der Waals surface area contributed by atoms with E-state index in [4.69, 9.17) is 9.72 Å². The molecule has 2 saturated heterocycles. The maximum atomic E-state index is 12.0. The summed E-state index contributed by atoms with van der Waals surface area (Å²) in [6.07, 6.45) is 7.00. The van der Waals surface area contributed by atoms with Gasteiger partial charge in [-0.3, -0.25) is 4.98 Å². The van der Waals surface area contributed by atoms with Gasteiger partial charge in [0.15, 0.2) is 5.82 Å². The zero-order chi connectivity index (χ0) is 26.9. The Morgan fingerprint density at radius 1 is 0.947 bits per heavy atom. The number of aromatic nitrogens is 3. The molecule has 1 atom stereocenters. The van der Waals surface area contributed by atoms with Crippen LogP contribution in [0.1, 0.15) is 24.3 Å². The molecule has 2 aromatic heterocycles. The molecule has 0 saturated carbocycles. The van der Waals surface area contributed by atoms with Crippen LogP contribution < -0.4 is 5.32 Å². The third-order valence-corrected chi connectivity index (χ3v) is 9.70. The predicted molar refractivity (Wildman–Crippen MR) is 146 cm³/mol. The lowest BCUT2D eigenvalue weighted by Crippen LogP contribution is -2.47. The van der Waals surface area contributed by atoms with Crippen LogP contribution in [0.4, 0.5) is 5.82 Å². The Hall–Kier alpha value is -2.71. The molecule has 204 valence electrons. The van der Waals surface area contributed by atoms with E-state index in [1.807, 2.05) is 18.2 Å². The van der Waals surface area contributed by atoms with Gasteiger partial charge in [-0.25, -0.2) is 31.1 Å². The molecule has 2 fully saturated rings. The number of sulfonamides is 2. The molecule has 0 bridgehead atoms. The van der Waals surface area contributed by atoms with Gasteiger partial charge in [0.25, 0.3) is 0 Å². The number of rotatable bonds is 7. The Balaban J connectivity index is 1.33. The Bertz CT molecular complexity index is 1510. The van der Waals surface area contributed by atoms with Crippen LogP contribution in [0.25, 0.3) is 22.3 Å². The smallest absolute Gasteiger partial charge is 0.211 e. The molecule has 11 nitrogen and oxygen atoms in total. The molecule has 2 aliphatic heterocycles. The molecule has 1 aromatic carbocycles. The Kier molecular flexibility index (Phi) is 7.65. The Morgan fingerprint density at radius 3 is 2.32 bits per heavy atom. The summed E-state index contributed by atoms with van der Waals surface area (Å²) in [4.78, 5) is 13.7. The summed E-state index contributed by atoms with van der Waals surface area (Å²) in [5.74, 6) is 0.875. The van der Waals surface area contributed by atoms with Crippen molar-refractivity contribution in [3.63, 3.8) is 0 Å². The first-order valence-corrected chi connectivity index (χ1v) is 16.3. The summed E-state index contributed by atoms with van der Waals surface area (Å²) in [6, 6.07) is 10.1. The number of nitrogens with one attached hydrogen (secondary N) is 1. The van der Waals surface area contributed by atoms with Gasteiger partial charge in [-0.05, 0) is 30.4 Å². The minimum Gasteiger partial charge on any atom is -0.374 e. The van der Waals surface area contributed by atoms with Crippen molar-refractivity contribution in [2.45, 2.75) is 24.9 Å². The highest BCUT2D eigenvalue weighted by Crippen LogP contribution is 2.31. The summed E-state index contributed by atoms with van der Waals surface area (Å²) in [5, 5.41) is 3.31. The van der Waals surface area contributed by atoms with Gasteiger partial charge in [-0.2, -0.15) is 4.31 Å². The third kappa shape index (κ3) is 6.12. The fourth-order valence-corrected chi connectivity index (χ4v) is 6.73. The van der Waals surface area contributed by atoms with Gasteiger partial charge in [0.2, 0.25) is 20.0 Å². The van der Waals surface area contributed by atoms with Gasteiger partial charge in [0.1, 0.15) is 5.52 Å². The molecule has 13 heteroatoms. The van der Waals surface area contributed by atoms with E-state index in [2.05, 4.69) is 27.4 Å². The number of nitrogens with zero attached hydrogens (tertiary/aromatic N) is 5. The van der Waals surface area contributed by atoms with Gasteiger partial charge < -0.3 is 10.1 Å². The number of piperidine rings is 1. The quantitative estimate of drug-likeness (QED) is 0.460. The van der Waals surface area contributed by atoms with E-state index >= 15 is 0 Å². The van der Waals surface area contributed by atoms with Crippen molar-refractivity contribution in [2.75, 3.05) is 57.2 Å². The van der Waals surface area contributed by atoms with E-state index in [1.54, 1.807) is 16.7 Å². The first-order chi connectivity index (χ1) is 18.1. The number of fused-ring (bicyclic) bond motifs is 1. The second-order valence-electron chi connectivity index (χ2n) is 9.83. The maximum Gasteiger partial charge on any atom is 0.211 e. The normalized spacial score (nSPS) is 20.5. The number of benzene rings is 1. The zero-order valence-electron chi connectivity index (χ0n) is 21.4. The fraction of sp³-hybridized carbons (Fsp3) is 0.480. The molecular formula is C25H32N6O5S2. The Labute approximate surface area is 223 Å². The number of anilines is 1. The first kappa shape index (κ1) is 26.9. The predicted octanol–water partition coefficient (Wildman–Crippen LogP) is 1.90.